The van der Waals surface area contributed by atoms with E-state index in [9.17, 15) is 9.59 Å². The predicted octanol–water partition coefficient (Wildman–Crippen LogP) is 1.18. The van der Waals surface area contributed by atoms with E-state index in [4.69, 9.17) is 0 Å². The number of anilines is 1. The molecule has 3 rings (SSSR count). The van der Waals surface area contributed by atoms with E-state index in [0.717, 1.165) is 17.7 Å². The van der Waals surface area contributed by atoms with Crippen LogP contribution in [0.5, 0.6) is 0 Å². The van der Waals surface area contributed by atoms with Crippen LogP contribution in [-0.4, -0.2) is 33.1 Å². The second-order valence-corrected chi connectivity index (χ2v) is 5.65. The molecule has 0 radical (unpaired) electrons. The minimum atomic E-state index is -0.218. The summed E-state index contributed by atoms with van der Waals surface area (Å²) in [7, 11) is 1.80. The second-order valence-electron chi connectivity index (χ2n) is 5.65. The van der Waals surface area contributed by atoms with Gasteiger partial charge in [-0.05, 0) is 37.1 Å². The highest BCUT2D eigenvalue weighted by atomic mass is 16.2. The number of carbonyl (C=O) groups excluding carboxylic acids is 2. The Hall–Kier alpha value is -2.70. The average Bonchev–Trinajstić information content (AvgIpc) is 3.11. The van der Waals surface area contributed by atoms with Gasteiger partial charge in [0.15, 0.2) is 0 Å². The largest absolute Gasteiger partial charge is 0.347 e. The monoisotopic (exact) mass is 313 g/mol. The first-order valence-corrected chi connectivity index (χ1v) is 7.59. The van der Waals surface area contributed by atoms with E-state index in [1.165, 1.54) is 0 Å². The molecule has 1 saturated heterocycles. The number of carbonyl (C=O) groups is 2. The Balaban J connectivity index is 1.66. The number of hydrogen-bond donors (Lipinski definition) is 1. The lowest BCUT2D eigenvalue weighted by molar-refractivity contribution is -0.117. The number of nitrogens with zero attached hydrogens (tertiary/aromatic N) is 4. The molecule has 2 aromatic heterocycles. The van der Waals surface area contributed by atoms with Crippen LogP contribution in [0.3, 0.4) is 0 Å². The molecule has 0 saturated carbocycles. The lowest BCUT2D eigenvalue weighted by Gasteiger charge is -2.15. The Morgan fingerprint density at radius 2 is 2.22 bits per heavy atom. The maximum Gasteiger partial charge on any atom is 0.272 e. The standard InChI is InChI=1S/C16H19N5O2/c1-11-8-13(19-20(11)2)16(23)18-10-12-5-6-17-14(9-12)21-7-3-4-15(21)22/h5-6,8-9H,3-4,7,10H2,1-2H3,(H,18,23). The van der Waals surface area contributed by atoms with E-state index in [0.29, 0.717) is 31.0 Å². The molecule has 120 valence electrons. The van der Waals surface area contributed by atoms with Crippen molar-refractivity contribution in [3.8, 4) is 0 Å². The molecule has 1 aliphatic rings. The van der Waals surface area contributed by atoms with Crippen molar-refractivity contribution in [3.63, 3.8) is 0 Å². The lowest BCUT2D eigenvalue weighted by Crippen LogP contribution is -2.26. The molecule has 1 N–H and O–H groups in total. The maximum absolute atomic E-state index is 12.1. The van der Waals surface area contributed by atoms with Crippen LogP contribution in [0.2, 0.25) is 0 Å². The molecule has 1 aliphatic heterocycles. The van der Waals surface area contributed by atoms with E-state index in [1.807, 2.05) is 19.1 Å². The number of pyridine rings is 1. The molecule has 0 aromatic carbocycles. The fourth-order valence-corrected chi connectivity index (χ4v) is 2.55. The summed E-state index contributed by atoms with van der Waals surface area (Å²) < 4.78 is 1.67. The van der Waals surface area contributed by atoms with Gasteiger partial charge in [-0.15, -0.1) is 0 Å². The zero-order valence-corrected chi connectivity index (χ0v) is 13.2. The summed E-state index contributed by atoms with van der Waals surface area (Å²) in [5, 5.41) is 6.99. The maximum atomic E-state index is 12.1. The highest BCUT2D eigenvalue weighted by Gasteiger charge is 2.22. The zero-order chi connectivity index (χ0) is 16.4. The Bertz CT molecular complexity index is 733. The van der Waals surface area contributed by atoms with Crippen LogP contribution in [0, 0.1) is 6.92 Å². The van der Waals surface area contributed by atoms with Gasteiger partial charge in [-0.3, -0.25) is 19.2 Å². The van der Waals surface area contributed by atoms with Crippen molar-refractivity contribution in [2.75, 3.05) is 11.4 Å². The Labute approximate surface area is 134 Å². The first kappa shape index (κ1) is 15.2. The van der Waals surface area contributed by atoms with Gasteiger partial charge in [-0.1, -0.05) is 0 Å². The highest BCUT2D eigenvalue weighted by Crippen LogP contribution is 2.19. The molecule has 0 bridgehead atoms. The van der Waals surface area contributed by atoms with Crippen LogP contribution in [0.25, 0.3) is 0 Å². The minimum absolute atomic E-state index is 0.0997. The summed E-state index contributed by atoms with van der Waals surface area (Å²) in [4.78, 5) is 29.8. The molecule has 3 heterocycles. The first-order chi connectivity index (χ1) is 11.0. The number of aromatic nitrogens is 3. The van der Waals surface area contributed by atoms with E-state index < -0.39 is 0 Å². The third-order valence-corrected chi connectivity index (χ3v) is 3.96. The van der Waals surface area contributed by atoms with E-state index >= 15 is 0 Å². The summed E-state index contributed by atoms with van der Waals surface area (Å²) in [6, 6.07) is 5.41. The number of nitrogens with one attached hydrogen (secondary N) is 1. The highest BCUT2D eigenvalue weighted by molar-refractivity contribution is 5.94. The zero-order valence-electron chi connectivity index (χ0n) is 13.2. The molecule has 0 unspecified atom stereocenters. The third-order valence-electron chi connectivity index (χ3n) is 3.96. The summed E-state index contributed by atoms with van der Waals surface area (Å²) in [5.74, 6) is 0.528. The molecule has 0 spiro atoms. The molecule has 1 fully saturated rings. The first-order valence-electron chi connectivity index (χ1n) is 7.59. The molecule has 7 nitrogen and oxygen atoms in total. The Morgan fingerprint density at radius 1 is 1.39 bits per heavy atom. The van der Waals surface area contributed by atoms with Gasteiger partial charge < -0.3 is 5.32 Å². The quantitative estimate of drug-likeness (QED) is 0.919. The SMILES string of the molecule is Cc1cc(C(=O)NCc2ccnc(N3CCCC3=O)c2)nn1C. The summed E-state index contributed by atoms with van der Waals surface area (Å²) >= 11 is 0. The van der Waals surface area contributed by atoms with E-state index in [-0.39, 0.29) is 11.8 Å². The molecule has 0 atom stereocenters. The van der Waals surface area contributed by atoms with Crippen molar-refractivity contribution in [3.05, 3.63) is 41.3 Å². The second kappa shape index (κ2) is 6.20. The van der Waals surface area contributed by atoms with Gasteiger partial charge in [0, 0.05) is 38.4 Å². The average molecular weight is 313 g/mol. The fourth-order valence-electron chi connectivity index (χ4n) is 2.55. The molecular weight excluding hydrogens is 294 g/mol. The summed E-state index contributed by atoms with van der Waals surface area (Å²) in [6.45, 7) is 2.97. The van der Waals surface area contributed by atoms with Crippen molar-refractivity contribution < 1.29 is 9.59 Å². The number of aryl methyl sites for hydroxylation is 2. The molecule has 2 amide bonds. The van der Waals surface area contributed by atoms with Crippen molar-refractivity contribution in [1.29, 1.82) is 0 Å². The van der Waals surface area contributed by atoms with Gasteiger partial charge in [0.25, 0.3) is 5.91 Å². The predicted molar refractivity (Wildman–Crippen MR) is 84.9 cm³/mol. The Morgan fingerprint density at radius 3 is 2.87 bits per heavy atom. The van der Waals surface area contributed by atoms with Crippen LogP contribution in [0.1, 0.15) is 34.6 Å². The molecule has 7 heteroatoms. The summed E-state index contributed by atoms with van der Waals surface area (Å²) in [6.07, 6.45) is 3.09. The van der Waals surface area contributed by atoms with Crippen molar-refractivity contribution in [1.82, 2.24) is 20.1 Å². The van der Waals surface area contributed by atoms with E-state index in [1.54, 1.807) is 28.9 Å². The van der Waals surface area contributed by atoms with Gasteiger partial charge in [0.05, 0.1) is 0 Å². The molecular formula is C16H19N5O2. The number of amides is 2. The van der Waals surface area contributed by atoms with Crippen molar-refractivity contribution in [2.45, 2.75) is 26.3 Å². The number of hydrogen-bond acceptors (Lipinski definition) is 4. The van der Waals surface area contributed by atoms with Gasteiger partial charge in [0.1, 0.15) is 11.5 Å². The van der Waals surface area contributed by atoms with Crippen LogP contribution in [-0.2, 0) is 18.4 Å². The summed E-state index contributed by atoms with van der Waals surface area (Å²) in [5.41, 5.74) is 2.22. The van der Waals surface area contributed by atoms with Gasteiger partial charge in [-0.25, -0.2) is 4.98 Å². The molecule has 23 heavy (non-hydrogen) atoms. The normalized spacial score (nSPS) is 14.3. The Kier molecular flexibility index (Phi) is 4.10. The van der Waals surface area contributed by atoms with Crippen LogP contribution in [0.15, 0.2) is 24.4 Å². The molecule has 2 aromatic rings. The third kappa shape index (κ3) is 3.23. The topological polar surface area (TPSA) is 80.1 Å². The van der Waals surface area contributed by atoms with Gasteiger partial charge in [0.2, 0.25) is 5.91 Å². The van der Waals surface area contributed by atoms with Gasteiger partial charge in [-0.2, -0.15) is 5.10 Å². The lowest BCUT2D eigenvalue weighted by atomic mass is 10.2. The van der Waals surface area contributed by atoms with E-state index in [2.05, 4.69) is 15.4 Å². The smallest absolute Gasteiger partial charge is 0.272 e. The van der Waals surface area contributed by atoms with Crippen LogP contribution >= 0.6 is 0 Å². The number of rotatable bonds is 4. The van der Waals surface area contributed by atoms with Gasteiger partial charge >= 0.3 is 0 Å². The molecule has 0 aliphatic carbocycles. The van der Waals surface area contributed by atoms with Crippen LogP contribution in [0.4, 0.5) is 5.82 Å². The minimum Gasteiger partial charge on any atom is -0.347 e. The fraction of sp³-hybridized carbons (Fsp3) is 0.375. The van der Waals surface area contributed by atoms with Crippen molar-refractivity contribution >= 4 is 17.6 Å². The van der Waals surface area contributed by atoms with Crippen LogP contribution < -0.4 is 10.2 Å². The van der Waals surface area contributed by atoms with Crippen molar-refractivity contribution in [2.24, 2.45) is 7.05 Å².